The smallest absolute Gasteiger partial charge is 0.230 e. The van der Waals surface area contributed by atoms with Gasteiger partial charge in [-0.1, -0.05) is 41.0 Å². The molecule has 2 aromatic carbocycles. The maximum absolute atomic E-state index is 12.1. The Morgan fingerprint density at radius 1 is 1.33 bits per heavy atom. The summed E-state index contributed by atoms with van der Waals surface area (Å²) in [5.41, 5.74) is 2.36. The van der Waals surface area contributed by atoms with Crippen molar-refractivity contribution in [3.63, 3.8) is 0 Å². The van der Waals surface area contributed by atoms with E-state index in [1.807, 2.05) is 18.2 Å². The predicted molar refractivity (Wildman–Crippen MR) is 126 cm³/mol. The molecule has 0 unspecified atom stereocenters. The molecule has 1 atom stereocenters. The third-order valence-electron chi connectivity index (χ3n) is 4.57. The number of carbonyl (C=O) groups is 1. The lowest BCUT2D eigenvalue weighted by molar-refractivity contribution is -0.119. The monoisotopic (exact) mass is 479 g/mol. The molecule has 1 aliphatic rings. The van der Waals surface area contributed by atoms with Gasteiger partial charge in [0.2, 0.25) is 5.91 Å². The van der Waals surface area contributed by atoms with Gasteiger partial charge in [-0.05, 0) is 43.2 Å². The predicted octanol–water partition coefficient (Wildman–Crippen LogP) is 5.74. The van der Waals surface area contributed by atoms with E-state index in [-0.39, 0.29) is 12.0 Å². The van der Waals surface area contributed by atoms with Gasteiger partial charge in [-0.3, -0.25) is 9.79 Å². The van der Waals surface area contributed by atoms with Crippen LogP contribution >= 0.6 is 46.3 Å². The van der Waals surface area contributed by atoms with Crippen molar-refractivity contribution in [1.29, 1.82) is 0 Å². The van der Waals surface area contributed by atoms with Gasteiger partial charge < -0.3 is 10.1 Å². The number of hydrogen-bond donors (Lipinski definition) is 1. The third-order valence-corrected chi connectivity index (χ3v) is 7.39. The van der Waals surface area contributed by atoms with Crippen LogP contribution in [0.2, 0.25) is 10.0 Å². The molecule has 2 heterocycles. The lowest BCUT2D eigenvalue weighted by atomic mass is 10.2. The van der Waals surface area contributed by atoms with E-state index in [1.165, 1.54) is 11.8 Å². The third kappa shape index (κ3) is 5.53. The Morgan fingerprint density at radius 2 is 2.17 bits per heavy atom. The van der Waals surface area contributed by atoms with E-state index in [2.05, 4.69) is 15.3 Å². The van der Waals surface area contributed by atoms with Gasteiger partial charge in [0.15, 0.2) is 4.34 Å². The number of carbonyl (C=O) groups excluding carboxylic acids is 1. The molecule has 0 spiro atoms. The van der Waals surface area contributed by atoms with E-state index < -0.39 is 0 Å². The van der Waals surface area contributed by atoms with Gasteiger partial charge in [0, 0.05) is 24.9 Å². The number of ether oxygens (including phenoxy) is 1. The number of rotatable bonds is 7. The first-order valence-electron chi connectivity index (χ1n) is 9.48. The summed E-state index contributed by atoms with van der Waals surface area (Å²) in [4.78, 5) is 21.2. The molecule has 1 fully saturated rings. The molecule has 1 aliphatic heterocycles. The molecule has 0 radical (unpaired) electrons. The zero-order chi connectivity index (χ0) is 20.9. The maximum atomic E-state index is 12.1. The first kappa shape index (κ1) is 21.6. The van der Waals surface area contributed by atoms with Crippen molar-refractivity contribution in [2.75, 3.05) is 18.9 Å². The molecular formula is C21H19Cl2N3O2S2. The fraction of sp³-hybridized carbons (Fsp3) is 0.286. The highest BCUT2D eigenvalue weighted by molar-refractivity contribution is 8.01. The summed E-state index contributed by atoms with van der Waals surface area (Å²) in [6, 6.07) is 11.1. The average molecular weight is 480 g/mol. The molecule has 30 heavy (non-hydrogen) atoms. The Hall–Kier alpha value is -1.64. The minimum absolute atomic E-state index is 0.00309. The molecule has 0 saturated carbocycles. The Kier molecular flexibility index (Phi) is 7.28. The molecule has 3 aromatic rings. The summed E-state index contributed by atoms with van der Waals surface area (Å²) < 4.78 is 7.39. The fourth-order valence-corrected chi connectivity index (χ4v) is 5.45. The number of nitrogens with one attached hydrogen (secondary N) is 1. The zero-order valence-electron chi connectivity index (χ0n) is 15.9. The number of aliphatic imine (C=N–C) groups is 1. The quantitative estimate of drug-likeness (QED) is 0.346. The van der Waals surface area contributed by atoms with Crippen molar-refractivity contribution >= 4 is 74.3 Å². The molecule has 1 aromatic heterocycles. The molecule has 1 saturated heterocycles. The number of thioether (sulfide) groups is 1. The van der Waals surface area contributed by atoms with Gasteiger partial charge in [-0.25, -0.2) is 4.98 Å². The number of fused-ring (bicyclic) bond motifs is 1. The second-order valence-corrected chi connectivity index (χ2v) is 9.82. The van der Waals surface area contributed by atoms with Crippen molar-refractivity contribution in [3.05, 3.63) is 52.0 Å². The largest absolute Gasteiger partial charge is 0.376 e. The van der Waals surface area contributed by atoms with Crippen molar-refractivity contribution in [1.82, 2.24) is 10.3 Å². The minimum Gasteiger partial charge on any atom is -0.376 e. The Morgan fingerprint density at radius 3 is 2.93 bits per heavy atom. The highest BCUT2D eigenvalue weighted by Crippen LogP contribution is 2.32. The number of benzene rings is 2. The van der Waals surface area contributed by atoms with Crippen LogP contribution < -0.4 is 5.32 Å². The second-order valence-electron chi connectivity index (χ2n) is 6.75. The Balaban J connectivity index is 1.37. The number of amides is 1. The van der Waals surface area contributed by atoms with Gasteiger partial charge >= 0.3 is 0 Å². The summed E-state index contributed by atoms with van der Waals surface area (Å²) in [5, 5.41) is 4.04. The summed E-state index contributed by atoms with van der Waals surface area (Å²) in [6.45, 7) is 1.37. The Bertz CT molecular complexity index is 1060. The summed E-state index contributed by atoms with van der Waals surface area (Å²) in [7, 11) is 0. The topological polar surface area (TPSA) is 63.6 Å². The van der Waals surface area contributed by atoms with Gasteiger partial charge in [0.25, 0.3) is 0 Å². The molecule has 0 bridgehead atoms. The van der Waals surface area contributed by atoms with Crippen LogP contribution in [0.3, 0.4) is 0 Å². The van der Waals surface area contributed by atoms with Crippen molar-refractivity contribution in [3.8, 4) is 0 Å². The average Bonchev–Trinajstić information content (AvgIpc) is 3.39. The van der Waals surface area contributed by atoms with E-state index in [0.29, 0.717) is 27.9 Å². The molecule has 4 rings (SSSR count). The first-order chi connectivity index (χ1) is 14.6. The van der Waals surface area contributed by atoms with Crippen molar-refractivity contribution < 1.29 is 9.53 Å². The van der Waals surface area contributed by atoms with Crippen LogP contribution in [0.1, 0.15) is 18.4 Å². The van der Waals surface area contributed by atoms with Gasteiger partial charge in [-0.2, -0.15) is 0 Å². The number of aromatic nitrogens is 1. The van der Waals surface area contributed by atoms with Crippen LogP contribution in [0.25, 0.3) is 10.2 Å². The van der Waals surface area contributed by atoms with E-state index in [4.69, 9.17) is 27.9 Å². The zero-order valence-corrected chi connectivity index (χ0v) is 19.1. The van der Waals surface area contributed by atoms with E-state index in [0.717, 1.165) is 39.7 Å². The van der Waals surface area contributed by atoms with Crippen molar-refractivity contribution in [2.24, 2.45) is 4.99 Å². The van der Waals surface area contributed by atoms with Gasteiger partial charge in [0.05, 0.1) is 37.8 Å². The number of thiazole rings is 1. The summed E-state index contributed by atoms with van der Waals surface area (Å²) in [5.74, 6) is 0.333. The standard InChI is InChI=1S/C21H19Cl2N3O2S2/c22-16-4-1-5-17(23)15(16)11-24-13-6-7-18-19(9-13)30-21(26-18)29-12-20(27)25-10-14-3-2-8-28-14/h1,4-7,9,11,14H,2-3,8,10,12H2,(H,25,27)/t14-/m0/s1. The SMILES string of the molecule is O=C(CSc1nc2ccc(N=Cc3c(Cl)cccc3Cl)cc2s1)NC[C@@H]1CCCO1. The fourth-order valence-electron chi connectivity index (χ4n) is 3.02. The Labute approximate surface area is 192 Å². The lowest BCUT2D eigenvalue weighted by Gasteiger charge is -2.09. The highest BCUT2D eigenvalue weighted by Gasteiger charge is 2.16. The normalized spacial score (nSPS) is 16.5. The molecular weight excluding hydrogens is 461 g/mol. The van der Waals surface area contributed by atoms with Crippen LogP contribution in [0.15, 0.2) is 45.7 Å². The van der Waals surface area contributed by atoms with E-state index >= 15 is 0 Å². The number of nitrogens with zero attached hydrogens (tertiary/aromatic N) is 2. The molecule has 9 heteroatoms. The van der Waals surface area contributed by atoms with Crippen molar-refractivity contribution in [2.45, 2.75) is 23.3 Å². The van der Waals surface area contributed by atoms with Crippen LogP contribution in [0, 0.1) is 0 Å². The lowest BCUT2D eigenvalue weighted by Crippen LogP contribution is -2.32. The van der Waals surface area contributed by atoms with Gasteiger partial charge in [0.1, 0.15) is 0 Å². The maximum Gasteiger partial charge on any atom is 0.230 e. The van der Waals surface area contributed by atoms with Crippen LogP contribution in [-0.4, -0.2) is 42.1 Å². The summed E-state index contributed by atoms with van der Waals surface area (Å²) >= 11 is 15.4. The molecule has 1 N–H and O–H groups in total. The second kappa shape index (κ2) is 10.1. The number of hydrogen-bond acceptors (Lipinski definition) is 6. The van der Waals surface area contributed by atoms with Crippen LogP contribution in [0.4, 0.5) is 5.69 Å². The van der Waals surface area contributed by atoms with E-state index in [9.17, 15) is 4.79 Å². The summed E-state index contributed by atoms with van der Waals surface area (Å²) in [6.07, 6.45) is 3.90. The first-order valence-corrected chi connectivity index (χ1v) is 12.0. The molecule has 0 aliphatic carbocycles. The highest BCUT2D eigenvalue weighted by atomic mass is 35.5. The number of halogens is 2. The van der Waals surface area contributed by atoms with Crippen LogP contribution in [-0.2, 0) is 9.53 Å². The van der Waals surface area contributed by atoms with E-state index in [1.54, 1.807) is 35.8 Å². The van der Waals surface area contributed by atoms with Gasteiger partial charge in [-0.15, -0.1) is 11.3 Å². The molecule has 1 amide bonds. The minimum atomic E-state index is -0.00309. The molecule has 5 nitrogen and oxygen atoms in total. The molecule has 156 valence electrons. The van der Waals surface area contributed by atoms with Crippen LogP contribution in [0.5, 0.6) is 0 Å².